The quantitative estimate of drug-likeness (QED) is 0.443. The Labute approximate surface area is 89.0 Å². The van der Waals surface area contributed by atoms with Crippen LogP contribution in [0.5, 0.6) is 0 Å². The van der Waals surface area contributed by atoms with E-state index >= 15 is 0 Å². The van der Waals surface area contributed by atoms with E-state index in [4.69, 9.17) is 0 Å². The van der Waals surface area contributed by atoms with E-state index in [1.807, 2.05) is 0 Å². The van der Waals surface area contributed by atoms with E-state index in [1.54, 1.807) is 0 Å². The van der Waals surface area contributed by atoms with Gasteiger partial charge < -0.3 is 0 Å². The first-order chi connectivity index (χ1) is 7.55. The fraction of sp³-hybridized carbons (Fsp3) is 0.286. The molecule has 0 unspecified atom stereocenters. The van der Waals surface area contributed by atoms with Crippen molar-refractivity contribution in [3.05, 3.63) is 33.6 Å². The Morgan fingerprint density at radius 2 is 1.65 bits per heavy atom. The molecule has 0 saturated carbocycles. The fourth-order valence-electron chi connectivity index (χ4n) is 1.10. The average Bonchev–Trinajstić information content (AvgIpc) is 2.13. The molecule has 0 radical (unpaired) electrons. The highest BCUT2D eigenvalue weighted by Gasteiger charge is 2.49. The van der Waals surface area contributed by atoms with Crippen molar-refractivity contribution in [1.82, 2.24) is 4.98 Å². The average molecular weight is 260 g/mol. The summed E-state index contributed by atoms with van der Waals surface area (Å²) in [6.45, 7) is 0. The molecule has 1 rings (SSSR count). The molecule has 0 saturated heterocycles. The highest BCUT2D eigenvalue weighted by molar-refractivity contribution is 5.45. The molecule has 17 heavy (non-hydrogen) atoms. The first-order valence-corrected chi connectivity index (χ1v) is 3.83. The predicted octanol–water partition coefficient (Wildman–Crippen LogP) is 3.03. The molecule has 4 nitrogen and oxygen atoms in total. The van der Waals surface area contributed by atoms with Crippen LogP contribution in [-0.2, 0) is 12.4 Å². The molecule has 1 aromatic heterocycles. The van der Waals surface area contributed by atoms with Gasteiger partial charge in [-0.25, -0.2) is 0 Å². The van der Waals surface area contributed by atoms with Gasteiger partial charge in [0.2, 0.25) is 0 Å². The van der Waals surface area contributed by atoms with E-state index < -0.39 is 34.2 Å². The lowest BCUT2D eigenvalue weighted by Crippen LogP contribution is -2.20. The molecule has 0 aliphatic rings. The zero-order valence-electron chi connectivity index (χ0n) is 7.63. The van der Waals surface area contributed by atoms with Gasteiger partial charge in [-0.3, -0.25) is 15.1 Å². The van der Waals surface area contributed by atoms with Gasteiger partial charge in [0.05, 0.1) is 4.92 Å². The third-order valence-corrected chi connectivity index (χ3v) is 1.68. The molecule has 1 heterocycles. The molecular weight excluding hydrogens is 258 g/mol. The van der Waals surface area contributed by atoms with Crippen LogP contribution in [0.25, 0.3) is 0 Å². The number of hydrogen-bond donors (Lipinski definition) is 0. The van der Waals surface area contributed by atoms with E-state index in [0.717, 1.165) is 0 Å². The first-order valence-electron chi connectivity index (χ1n) is 3.83. The normalized spacial score (nSPS) is 12.6. The zero-order chi connectivity index (χ0) is 13.4. The molecule has 0 aliphatic carbocycles. The van der Waals surface area contributed by atoms with Gasteiger partial charge >= 0.3 is 12.4 Å². The summed E-state index contributed by atoms with van der Waals surface area (Å²) in [4.78, 5) is 11.2. The van der Waals surface area contributed by atoms with Gasteiger partial charge in [0, 0.05) is 12.3 Å². The maximum atomic E-state index is 12.4. The van der Waals surface area contributed by atoms with Crippen molar-refractivity contribution in [3.63, 3.8) is 0 Å². The van der Waals surface area contributed by atoms with Crippen molar-refractivity contribution in [1.29, 1.82) is 0 Å². The molecule has 10 heteroatoms. The molecule has 0 N–H and O–H groups in total. The van der Waals surface area contributed by atoms with Crippen LogP contribution in [0.4, 0.5) is 32.0 Å². The van der Waals surface area contributed by atoms with Gasteiger partial charge in [0.25, 0.3) is 5.69 Å². The number of alkyl halides is 6. The number of nitrogens with zero attached hydrogens (tertiary/aromatic N) is 2. The highest BCUT2D eigenvalue weighted by atomic mass is 19.4. The Bertz CT molecular complexity index is 453. The molecule has 0 bridgehead atoms. The minimum atomic E-state index is -5.51. The number of nitro groups is 1. The summed E-state index contributed by atoms with van der Waals surface area (Å²) in [5.41, 5.74) is -6.39. The number of rotatable bonds is 1. The van der Waals surface area contributed by atoms with Gasteiger partial charge in [-0.1, -0.05) is 0 Å². The summed E-state index contributed by atoms with van der Waals surface area (Å²) in [6, 6.07) is 0.262. The van der Waals surface area contributed by atoms with E-state index in [-0.39, 0.29) is 6.07 Å². The van der Waals surface area contributed by atoms with Gasteiger partial charge in [-0.15, -0.1) is 0 Å². The Balaban J connectivity index is 3.64. The van der Waals surface area contributed by atoms with Crippen LogP contribution in [0.2, 0.25) is 0 Å². The summed E-state index contributed by atoms with van der Waals surface area (Å²) in [6.07, 6.45) is -10.6. The minimum absolute atomic E-state index is 0.262. The molecule has 0 amide bonds. The van der Waals surface area contributed by atoms with E-state index in [2.05, 4.69) is 4.98 Å². The molecule has 94 valence electrons. The van der Waals surface area contributed by atoms with Crippen LogP contribution in [0.3, 0.4) is 0 Å². The summed E-state index contributed by atoms with van der Waals surface area (Å²) in [5.74, 6) is 0. The van der Waals surface area contributed by atoms with Crippen molar-refractivity contribution in [2.75, 3.05) is 0 Å². The SMILES string of the molecule is O=[N+]([O-])c1ccnc(C(F)(F)F)c1C(F)(F)F. The maximum absolute atomic E-state index is 12.4. The minimum Gasteiger partial charge on any atom is -0.258 e. The van der Waals surface area contributed by atoms with Crippen molar-refractivity contribution in [3.8, 4) is 0 Å². The summed E-state index contributed by atoms with van der Waals surface area (Å²) in [5, 5.41) is 10.3. The van der Waals surface area contributed by atoms with Crippen LogP contribution in [0, 0.1) is 10.1 Å². The summed E-state index contributed by atoms with van der Waals surface area (Å²) >= 11 is 0. The zero-order valence-corrected chi connectivity index (χ0v) is 7.63. The number of hydrogen-bond acceptors (Lipinski definition) is 3. The largest absolute Gasteiger partial charge is 0.434 e. The Morgan fingerprint density at radius 3 is 2.00 bits per heavy atom. The lowest BCUT2D eigenvalue weighted by Gasteiger charge is -2.13. The molecular formula is C7H2F6N2O2. The van der Waals surface area contributed by atoms with E-state index in [0.29, 0.717) is 6.20 Å². The predicted molar refractivity (Wildman–Crippen MR) is 40.9 cm³/mol. The van der Waals surface area contributed by atoms with Crippen molar-refractivity contribution >= 4 is 5.69 Å². The van der Waals surface area contributed by atoms with Crippen LogP contribution in [-0.4, -0.2) is 9.91 Å². The van der Waals surface area contributed by atoms with Crippen LogP contribution in [0.15, 0.2) is 12.3 Å². The van der Waals surface area contributed by atoms with E-state index in [1.165, 1.54) is 0 Å². The van der Waals surface area contributed by atoms with Gasteiger partial charge in [0.15, 0.2) is 11.3 Å². The molecule has 0 aliphatic heterocycles. The number of halogens is 6. The third kappa shape index (κ3) is 2.63. The second kappa shape index (κ2) is 3.86. The third-order valence-electron chi connectivity index (χ3n) is 1.68. The first kappa shape index (κ1) is 13.2. The monoisotopic (exact) mass is 260 g/mol. The second-order valence-electron chi connectivity index (χ2n) is 2.81. The van der Waals surface area contributed by atoms with E-state index in [9.17, 15) is 36.5 Å². The summed E-state index contributed by atoms with van der Waals surface area (Å²) in [7, 11) is 0. The van der Waals surface area contributed by atoms with Crippen molar-refractivity contribution in [2.24, 2.45) is 0 Å². The van der Waals surface area contributed by atoms with Crippen LogP contribution in [0.1, 0.15) is 11.3 Å². The molecule has 0 fully saturated rings. The number of aromatic nitrogens is 1. The Morgan fingerprint density at radius 1 is 1.12 bits per heavy atom. The maximum Gasteiger partial charge on any atom is 0.434 e. The van der Waals surface area contributed by atoms with Crippen LogP contribution < -0.4 is 0 Å². The Kier molecular flexibility index (Phi) is 2.99. The lowest BCUT2D eigenvalue weighted by molar-refractivity contribution is -0.388. The molecule has 0 atom stereocenters. The van der Waals surface area contributed by atoms with Gasteiger partial charge in [-0.2, -0.15) is 26.3 Å². The van der Waals surface area contributed by atoms with Gasteiger partial charge in [-0.05, 0) is 0 Å². The summed E-state index contributed by atoms with van der Waals surface area (Å²) < 4.78 is 73.8. The molecule has 1 aromatic rings. The standard InChI is InChI=1S/C7H2F6N2O2/c8-6(9,10)4-3(15(16)17)1-2-14-5(4)7(11,12)13/h1-2H. The highest BCUT2D eigenvalue weighted by Crippen LogP contribution is 2.43. The topological polar surface area (TPSA) is 56.0 Å². The molecule has 0 spiro atoms. The smallest absolute Gasteiger partial charge is 0.258 e. The second-order valence-corrected chi connectivity index (χ2v) is 2.81. The van der Waals surface area contributed by atoms with Crippen LogP contribution >= 0.6 is 0 Å². The fourth-order valence-corrected chi connectivity index (χ4v) is 1.10. The Hall–Kier alpha value is -1.87. The number of pyridine rings is 1. The van der Waals surface area contributed by atoms with Crippen molar-refractivity contribution in [2.45, 2.75) is 12.4 Å². The lowest BCUT2D eigenvalue weighted by atomic mass is 10.1. The van der Waals surface area contributed by atoms with Crippen molar-refractivity contribution < 1.29 is 31.3 Å². The molecule has 0 aromatic carbocycles. The van der Waals surface area contributed by atoms with Gasteiger partial charge in [0.1, 0.15) is 0 Å².